The van der Waals surface area contributed by atoms with Crippen LogP contribution in [-0.4, -0.2) is 28.4 Å². The van der Waals surface area contributed by atoms with Gasteiger partial charge in [-0.2, -0.15) is 5.10 Å². The molecular formula is C18H14Cl2N4O2S. The van der Waals surface area contributed by atoms with Gasteiger partial charge in [0.05, 0.1) is 16.9 Å². The summed E-state index contributed by atoms with van der Waals surface area (Å²) in [6.45, 7) is 0. The number of benzene rings is 2. The molecule has 9 heteroatoms. The maximum Gasteiger partial charge on any atom is 0.240 e. The van der Waals surface area contributed by atoms with E-state index in [1.165, 1.54) is 6.07 Å². The smallest absolute Gasteiger partial charge is 0.240 e. The van der Waals surface area contributed by atoms with Gasteiger partial charge in [-0.05, 0) is 23.8 Å². The fourth-order valence-corrected chi connectivity index (χ4v) is 3.61. The largest absolute Gasteiger partial charge is 0.325 e. The average molecular weight is 421 g/mol. The highest BCUT2D eigenvalue weighted by Gasteiger charge is 2.32. The lowest BCUT2D eigenvalue weighted by Gasteiger charge is -2.09. The highest BCUT2D eigenvalue weighted by atomic mass is 35.5. The number of amidine groups is 1. The molecule has 0 saturated carbocycles. The van der Waals surface area contributed by atoms with Gasteiger partial charge in [0.15, 0.2) is 5.17 Å². The molecule has 0 radical (unpaired) electrons. The Morgan fingerprint density at radius 1 is 1.22 bits per heavy atom. The van der Waals surface area contributed by atoms with Crippen molar-refractivity contribution >= 4 is 63.8 Å². The number of nitrogens with one attached hydrogen (secondary N) is 2. The molecule has 0 spiro atoms. The van der Waals surface area contributed by atoms with Gasteiger partial charge in [0, 0.05) is 11.4 Å². The molecule has 1 fully saturated rings. The highest BCUT2D eigenvalue weighted by Crippen LogP contribution is 2.27. The van der Waals surface area contributed by atoms with Gasteiger partial charge in [-0.3, -0.25) is 9.59 Å². The molecule has 1 aliphatic rings. The van der Waals surface area contributed by atoms with E-state index < -0.39 is 5.25 Å². The van der Waals surface area contributed by atoms with Crippen LogP contribution in [0.5, 0.6) is 0 Å². The van der Waals surface area contributed by atoms with Crippen molar-refractivity contribution in [3.05, 3.63) is 64.1 Å². The molecule has 27 heavy (non-hydrogen) atoms. The first-order valence-corrected chi connectivity index (χ1v) is 9.53. The van der Waals surface area contributed by atoms with E-state index in [1.54, 1.807) is 18.3 Å². The SMILES string of the molecule is O=C(C[C@H]1S/C(=N/N=C\c2ccccc2)NC1=O)Nc1ccc(Cl)cc1Cl. The zero-order chi connectivity index (χ0) is 19.2. The van der Waals surface area contributed by atoms with E-state index >= 15 is 0 Å². The number of amides is 2. The van der Waals surface area contributed by atoms with Crippen LogP contribution in [0.25, 0.3) is 0 Å². The van der Waals surface area contributed by atoms with Gasteiger partial charge < -0.3 is 10.6 Å². The summed E-state index contributed by atoms with van der Waals surface area (Å²) in [5.74, 6) is -0.619. The van der Waals surface area contributed by atoms with Crippen LogP contribution in [-0.2, 0) is 9.59 Å². The monoisotopic (exact) mass is 420 g/mol. The topological polar surface area (TPSA) is 82.9 Å². The molecule has 1 atom stereocenters. The van der Waals surface area contributed by atoms with Crippen molar-refractivity contribution in [1.82, 2.24) is 5.32 Å². The number of hydrogen-bond donors (Lipinski definition) is 2. The third-order valence-corrected chi connectivity index (χ3v) is 5.13. The molecule has 0 aromatic heterocycles. The van der Waals surface area contributed by atoms with E-state index in [-0.39, 0.29) is 18.2 Å². The Balaban J connectivity index is 1.56. The van der Waals surface area contributed by atoms with Gasteiger partial charge in [-0.1, -0.05) is 65.3 Å². The molecule has 1 saturated heterocycles. The Kier molecular flexibility index (Phi) is 6.49. The number of anilines is 1. The van der Waals surface area contributed by atoms with Crippen LogP contribution in [0.4, 0.5) is 5.69 Å². The third kappa shape index (κ3) is 5.56. The lowest BCUT2D eigenvalue weighted by molar-refractivity contribution is -0.122. The lowest BCUT2D eigenvalue weighted by Crippen LogP contribution is -2.28. The summed E-state index contributed by atoms with van der Waals surface area (Å²) in [5, 5.41) is 13.8. The molecule has 1 aliphatic heterocycles. The molecule has 0 unspecified atom stereocenters. The number of hydrogen-bond acceptors (Lipinski definition) is 5. The fraction of sp³-hybridized carbons (Fsp3) is 0.111. The number of rotatable bonds is 5. The second-order valence-corrected chi connectivity index (χ2v) is 7.57. The minimum atomic E-state index is -0.582. The van der Waals surface area contributed by atoms with Crippen molar-refractivity contribution in [2.75, 3.05) is 5.32 Å². The van der Waals surface area contributed by atoms with Crippen LogP contribution < -0.4 is 10.6 Å². The first-order valence-electron chi connectivity index (χ1n) is 7.90. The second kappa shape index (κ2) is 9.03. The van der Waals surface area contributed by atoms with Crippen molar-refractivity contribution in [3.63, 3.8) is 0 Å². The molecule has 2 amide bonds. The highest BCUT2D eigenvalue weighted by molar-refractivity contribution is 8.15. The molecule has 6 nitrogen and oxygen atoms in total. The van der Waals surface area contributed by atoms with Crippen LogP contribution in [0.15, 0.2) is 58.7 Å². The van der Waals surface area contributed by atoms with Crippen LogP contribution >= 0.6 is 35.0 Å². The Morgan fingerprint density at radius 2 is 2.00 bits per heavy atom. The summed E-state index contributed by atoms with van der Waals surface area (Å²) < 4.78 is 0. The van der Waals surface area contributed by atoms with E-state index in [0.29, 0.717) is 20.9 Å². The van der Waals surface area contributed by atoms with Gasteiger partial charge in [0.2, 0.25) is 11.8 Å². The molecular weight excluding hydrogens is 407 g/mol. The minimum absolute atomic E-state index is 0.0170. The van der Waals surface area contributed by atoms with Crippen LogP contribution in [0.1, 0.15) is 12.0 Å². The van der Waals surface area contributed by atoms with E-state index in [4.69, 9.17) is 23.2 Å². The molecule has 0 bridgehead atoms. The van der Waals surface area contributed by atoms with E-state index in [0.717, 1.165) is 17.3 Å². The van der Waals surface area contributed by atoms with Crippen molar-refractivity contribution in [1.29, 1.82) is 0 Å². The molecule has 2 N–H and O–H groups in total. The number of carbonyl (C=O) groups is 2. The number of thioether (sulfide) groups is 1. The van der Waals surface area contributed by atoms with Crippen molar-refractivity contribution in [3.8, 4) is 0 Å². The van der Waals surface area contributed by atoms with Gasteiger partial charge >= 0.3 is 0 Å². The maximum atomic E-state index is 12.2. The van der Waals surface area contributed by atoms with Gasteiger partial charge in [-0.15, -0.1) is 5.10 Å². The first kappa shape index (κ1) is 19.4. The van der Waals surface area contributed by atoms with Gasteiger partial charge in [0.25, 0.3) is 0 Å². The summed E-state index contributed by atoms with van der Waals surface area (Å²) in [7, 11) is 0. The molecule has 0 aliphatic carbocycles. The third-order valence-electron chi connectivity index (χ3n) is 3.51. The Labute approximate surface area is 170 Å². The molecule has 2 aromatic carbocycles. The number of nitrogens with zero attached hydrogens (tertiary/aromatic N) is 2. The minimum Gasteiger partial charge on any atom is -0.325 e. The summed E-state index contributed by atoms with van der Waals surface area (Å²) in [4.78, 5) is 24.2. The maximum absolute atomic E-state index is 12.2. The Morgan fingerprint density at radius 3 is 2.74 bits per heavy atom. The Hall–Kier alpha value is -2.35. The first-order chi connectivity index (χ1) is 13.0. The fourth-order valence-electron chi connectivity index (χ4n) is 2.23. The van der Waals surface area contributed by atoms with Crippen LogP contribution in [0.3, 0.4) is 0 Å². The zero-order valence-electron chi connectivity index (χ0n) is 13.9. The normalized spacial score (nSPS) is 18.1. The second-order valence-electron chi connectivity index (χ2n) is 5.53. The van der Waals surface area contributed by atoms with E-state index in [9.17, 15) is 9.59 Å². The van der Waals surface area contributed by atoms with Gasteiger partial charge in [0.1, 0.15) is 5.25 Å². The number of halogens is 2. The summed E-state index contributed by atoms with van der Waals surface area (Å²) in [6, 6.07) is 14.2. The summed E-state index contributed by atoms with van der Waals surface area (Å²) >= 11 is 13.0. The van der Waals surface area contributed by atoms with Crippen molar-refractivity contribution in [2.24, 2.45) is 10.2 Å². The molecule has 138 valence electrons. The molecule has 1 heterocycles. The molecule has 2 aromatic rings. The number of carbonyl (C=O) groups excluding carboxylic acids is 2. The predicted molar refractivity (Wildman–Crippen MR) is 111 cm³/mol. The zero-order valence-corrected chi connectivity index (χ0v) is 16.2. The standard InChI is InChI=1S/C18H14Cl2N4O2S/c19-12-6-7-14(13(20)8-12)22-16(25)9-15-17(26)23-18(27-15)24-21-10-11-4-2-1-3-5-11/h1-8,10,15H,9H2,(H,22,25)(H,23,24,26)/b21-10-/t15-/m1/s1. The predicted octanol–water partition coefficient (Wildman–Crippen LogP) is 3.94. The molecule has 3 rings (SSSR count). The van der Waals surface area contributed by atoms with Crippen LogP contribution in [0.2, 0.25) is 10.0 Å². The van der Waals surface area contributed by atoms with Crippen molar-refractivity contribution in [2.45, 2.75) is 11.7 Å². The Bertz CT molecular complexity index is 919. The van der Waals surface area contributed by atoms with E-state index in [1.807, 2.05) is 30.3 Å². The van der Waals surface area contributed by atoms with Crippen LogP contribution in [0, 0.1) is 0 Å². The van der Waals surface area contributed by atoms with Crippen molar-refractivity contribution < 1.29 is 9.59 Å². The lowest BCUT2D eigenvalue weighted by atomic mass is 10.2. The van der Waals surface area contributed by atoms with E-state index in [2.05, 4.69) is 20.8 Å². The van der Waals surface area contributed by atoms with Gasteiger partial charge in [-0.25, -0.2) is 0 Å². The summed E-state index contributed by atoms with van der Waals surface area (Å²) in [5.41, 5.74) is 1.34. The average Bonchev–Trinajstić information content (AvgIpc) is 2.98. The quantitative estimate of drug-likeness (QED) is 0.567. The summed E-state index contributed by atoms with van der Waals surface area (Å²) in [6.07, 6.45) is 1.57.